The quantitative estimate of drug-likeness (QED) is 0.0111. The van der Waals surface area contributed by atoms with Gasteiger partial charge in [-0.2, -0.15) is 0 Å². The van der Waals surface area contributed by atoms with E-state index in [1.54, 1.807) is 91.5 Å². The molecule has 5 aromatic carbocycles. The van der Waals surface area contributed by atoms with Crippen LogP contribution in [0.5, 0.6) is 0 Å². The lowest BCUT2D eigenvalue weighted by Gasteiger charge is -2.31. The van der Waals surface area contributed by atoms with Gasteiger partial charge in [-0.25, -0.2) is 9.69 Å². The predicted octanol–water partition coefficient (Wildman–Crippen LogP) is 1.47. The number of rotatable bonds is 44. The first-order valence-electron chi connectivity index (χ1n) is 39.7. The van der Waals surface area contributed by atoms with Crippen LogP contribution in [0, 0.1) is 11.3 Å². The number of aromatic nitrogens is 1. The lowest BCUT2D eigenvalue weighted by molar-refractivity contribution is -0.142. The normalized spacial score (nSPS) is 16.8. The highest BCUT2D eigenvalue weighted by molar-refractivity contribution is 6.30. The van der Waals surface area contributed by atoms with E-state index < -0.39 is 144 Å². The van der Waals surface area contributed by atoms with Crippen LogP contribution in [0.25, 0.3) is 10.8 Å². The minimum atomic E-state index is -1.88. The van der Waals surface area contributed by atoms with Crippen molar-refractivity contribution in [3.8, 4) is 0 Å². The van der Waals surface area contributed by atoms with Gasteiger partial charge in [0.1, 0.15) is 60.4 Å². The van der Waals surface area contributed by atoms with Crippen LogP contribution in [-0.2, 0) is 107 Å². The Balaban J connectivity index is 1.02. The number of benzene rings is 5. The number of nitrogens with two attached hydrogens (primary N) is 2. The predicted molar refractivity (Wildman–Crippen MR) is 439 cm³/mol. The maximum Gasteiger partial charge on any atom is 0.325 e. The van der Waals surface area contributed by atoms with E-state index in [1.807, 2.05) is 54.6 Å². The molecule has 34 nitrogen and oxygen atoms in total. The second-order valence-electron chi connectivity index (χ2n) is 30.5. The number of morpholine rings is 1. The Morgan fingerprint density at radius 1 is 0.613 bits per heavy atom. The van der Waals surface area contributed by atoms with Crippen molar-refractivity contribution >= 4 is 105 Å². The largest absolute Gasteiger partial charge is 0.481 e. The summed E-state index contributed by atoms with van der Waals surface area (Å²) in [6.07, 6.45) is 1.94. The minimum absolute atomic E-state index is 0.0174. The number of nitrogens with zero attached hydrogens (tertiary/aromatic N) is 5. The summed E-state index contributed by atoms with van der Waals surface area (Å²) in [5.74, 6) is -11.6. The average Bonchev–Trinajstić information content (AvgIpc) is 1.65. The number of fused-ring (bicyclic) bond motifs is 1. The number of aliphatic carboxylic acids is 2. The molecule has 10 atom stereocenters. The summed E-state index contributed by atoms with van der Waals surface area (Å²) in [7, 11) is 0. The summed E-state index contributed by atoms with van der Waals surface area (Å²) >= 11 is 6.28. The summed E-state index contributed by atoms with van der Waals surface area (Å²) in [6, 6.07) is 21.4. The van der Waals surface area contributed by atoms with E-state index >= 15 is 28.8 Å². The number of aliphatic hydroxyl groups is 1. The van der Waals surface area contributed by atoms with Gasteiger partial charge in [0.15, 0.2) is 5.96 Å². The number of nitrogens with one attached hydrogen (secondary N) is 10. The second-order valence-corrected chi connectivity index (χ2v) is 30.9. The SMILES string of the molecule is CC(C)C[C@H](NC(=O)[C@@H](Cc1ccc(CN(CCC(=O)O)CCC(=O)O)cc1)NC(=O)[C@H](Cc1ccc(CN2CCOCC2)cc1)NC(=O)[C@H](CO)NC(=O)[C@@H](Cc1cccnc1)NC(=O)C(Cc1ccc(Cl)cc1)N1C(=O)NC(Cc2ccc3ccccc3c2)C1=O)C(=O)N[C@@H](CCCNC(=N)N)C(=O)N1CCC[C@H]1C(=O)N[C@H](C)C(N)=O. The summed E-state index contributed by atoms with van der Waals surface area (Å²) in [5, 5.41) is 64.5. The van der Waals surface area contributed by atoms with E-state index in [0.29, 0.717) is 72.1 Å². The molecule has 9 rings (SSSR count). The third-order valence-corrected chi connectivity index (χ3v) is 21.1. The van der Waals surface area contributed by atoms with Crippen molar-refractivity contribution in [1.29, 1.82) is 5.41 Å². The number of hydrogen-bond donors (Lipinski definition) is 15. The molecule has 0 spiro atoms. The van der Waals surface area contributed by atoms with Crippen molar-refractivity contribution in [3.63, 3.8) is 0 Å². The molecule has 3 saturated heterocycles. The number of ether oxygens (including phenoxy) is 1. The zero-order chi connectivity index (χ0) is 85.8. The van der Waals surface area contributed by atoms with E-state index in [0.717, 1.165) is 26.8 Å². The third-order valence-electron chi connectivity index (χ3n) is 20.8. The zero-order valence-corrected chi connectivity index (χ0v) is 67.5. The molecular weight excluding hydrogens is 1550 g/mol. The molecule has 0 radical (unpaired) electrons. The monoisotopic (exact) mass is 1660 g/mol. The number of hydrogen-bond acceptors (Lipinski definition) is 19. The van der Waals surface area contributed by atoms with Crippen molar-refractivity contribution < 1.29 is 82.4 Å². The highest BCUT2D eigenvalue weighted by Gasteiger charge is 2.46. The summed E-state index contributed by atoms with van der Waals surface area (Å²) in [6.45, 7) is 7.19. The maximum atomic E-state index is 15.6. The number of primary amides is 1. The van der Waals surface area contributed by atoms with Crippen LogP contribution < -0.4 is 59.3 Å². The zero-order valence-electron chi connectivity index (χ0n) is 66.7. The fourth-order valence-electron chi connectivity index (χ4n) is 14.4. The van der Waals surface area contributed by atoms with Gasteiger partial charge in [-0.15, -0.1) is 0 Å². The topological polar surface area (TPSA) is 502 Å². The van der Waals surface area contributed by atoms with Crippen molar-refractivity contribution in [2.75, 3.05) is 59.1 Å². The number of carbonyl (C=O) groups is 13. The Morgan fingerprint density at radius 2 is 1.14 bits per heavy atom. The third kappa shape index (κ3) is 27.8. The highest BCUT2D eigenvalue weighted by Crippen LogP contribution is 2.25. The molecule has 3 fully saturated rings. The molecule has 3 aliphatic heterocycles. The van der Waals surface area contributed by atoms with Crippen LogP contribution in [0.1, 0.15) is 105 Å². The maximum absolute atomic E-state index is 15.6. The van der Waals surface area contributed by atoms with E-state index in [-0.39, 0.29) is 115 Å². The number of carboxylic acid groups (broad SMARTS) is 2. The van der Waals surface area contributed by atoms with E-state index in [2.05, 4.69) is 57.7 Å². The Hall–Kier alpha value is -12.0. The van der Waals surface area contributed by atoms with Crippen molar-refractivity contribution in [3.05, 3.63) is 184 Å². The van der Waals surface area contributed by atoms with Gasteiger partial charge in [0.25, 0.3) is 5.91 Å². The number of carbonyl (C=O) groups excluding carboxylic acids is 11. The number of amides is 12. The molecular formula is C84H106ClN17O17. The Morgan fingerprint density at radius 3 is 1.72 bits per heavy atom. The van der Waals surface area contributed by atoms with Crippen molar-refractivity contribution in [2.45, 2.75) is 171 Å². The number of halogens is 1. The van der Waals surface area contributed by atoms with Crippen LogP contribution in [0.2, 0.25) is 5.02 Å². The first-order chi connectivity index (χ1) is 57.0. The molecule has 119 heavy (non-hydrogen) atoms. The van der Waals surface area contributed by atoms with E-state index in [1.165, 1.54) is 24.2 Å². The molecule has 6 aromatic rings. The number of guanidine groups is 1. The summed E-state index contributed by atoms with van der Waals surface area (Å²) < 4.78 is 5.56. The number of urea groups is 1. The number of carboxylic acids is 2. The smallest absolute Gasteiger partial charge is 0.325 e. The molecule has 17 N–H and O–H groups in total. The Kier molecular flexibility index (Phi) is 34.0. The van der Waals surface area contributed by atoms with Crippen LogP contribution in [-0.4, -0.2) is 242 Å². The van der Waals surface area contributed by atoms with Gasteiger partial charge >= 0.3 is 18.0 Å². The van der Waals surface area contributed by atoms with Gasteiger partial charge in [-0.3, -0.25) is 77.7 Å². The number of pyridine rings is 1. The first-order valence-corrected chi connectivity index (χ1v) is 40.1. The van der Waals surface area contributed by atoms with Gasteiger partial charge in [0, 0.05) is 102 Å². The Labute approximate surface area is 693 Å². The Bertz CT molecular complexity index is 4540. The van der Waals surface area contributed by atoms with Crippen molar-refractivity contribution in [2.24, 2.45) is 17.4 Å². The lowest BCUT2D eigenvalue weighted by Crippen LogP contribution is -2.61. The van der Waals surface area contributed by atoms with Crippen LogP contribution in [0.15, 0.2) is 140 Å². The van der Waals surface area contributed by atoms with E-state index in [9.17, 15) is 48.9 Å². The van der Waals surface area contributed by atoms with Crippen LogP contribution in [0.4, 0.5) is 4.79 Å². The molecule has 35 heteroatoms. The molecule has 636 valence electrons. The molecule has 4 heterocycles. The fourth-order valence-corrected chi connectivity index (χ4v) is 14.5. The number of imide groups is 1. The summed E-state index contributed by atoms with van der Waals surface area (Å²) in [4.78, 5) is 194. The molecule has 0 bridgehead atoms. The van der Waals surface area contributed by atoms with Gasteiger partial charge < -0.3 is 84.3 Å². The van der Waals surface area contributed by atoms with Crippen LogP contribution >= 0.6 is 11.6 Å². The van der Waals surface area contributed by atoms with Gasteiger partial charge in [0.2, 0.25) is 53.2 Å². The first kappa shape index (κ1) is 90.9. The van der Waals surface area contributed by atoms with Gasteiger partial charge in [0.05, 0.1) is 32.7 Å². The molecule has 0 aliphatic carbocycles. The van der Waals surface area contributed by atoms with Crippen LogP contribution in [0.3, 0.4) is 0 Å². The summed E-state index contributed by atoms with van der Waals surface area (Å²) in [5.41, 5.74) is 15.1. The minimum Gasteiger partial charge on any atom is -0.481 e. The fraction of sp³-hybridized carbons (Fsp3) is 0.440. The number of aliphatic hydroxyl groups excluding tert-OH is 1. The standard InChI is InChI=1S/C84H106ClN17O17/c1-50(2)39-63(74(109)92-62(12-7-31-90-83(87)88)81(116)101-32-8-13-69(101)79(114)91-51(3)73(86)108)93-75(110)64(41-52-14-18-55(19-15-52)47-99(33-28-71(104)105)34-29-72(106)107)94-76(111)65(42-53-16-20-56(21-17-53)48-100-35-37-119-38-36-100)95-78(113)68(49-103)97-77(112)66(44-58-9-6-30-89-46-58)96-80(115)70(45-54-23-26-61(85)27-24-54)102-82(117)67(98-84(102)118)43-57-22-25-59-10-4-5-11-60(59)40-57/h4-6,9-11,14-27,30,40,46,50-51,62-70,103H,7-8,12-13,28-29,31-39,41-45,47-49H2,1-3H3,(H2,86,108)(H,91,114)(H,92,109)(H,93,110)(H,94,111)(H,95,113)(H,96,115)(H,97,112)(H,98,118)(H,104,105)(H,106,107)(H4,87,88,90)/t51-,62+,63+,64-,65+,66-,67?,68+,69+,70?/m1/s1. The average molecular weight is 1660 g/mol. The second kappa shape index (κ2) is 44.5. The highest BCUT2D eigenvalue weighted by atomic mass is 35.5. The number of likely N-dealkylation sites (tertiary alicyclic amines) is 1. The molecule has 3 aliphatic rings. The molecule has 2 unspecified atom stereocenters. The van der Waals surface area contributed by atoms with E-state index in [4.69, 9.17) is 33.2 Å². The van der Waals surface area contributed by atoms with Gasteiger partial charge in [-0.05, 0) is 113 Å². The molecule has 1 aromatic heterocycles. The molecule has 0 saturated carbocycles. The molecule has 12 amide bonds. The lowest BCUT2D eigenvalue weighted by atomic mass is 9.99. The van der Waals surface area contributed by atoms with Crippen molar-refractivity contribution in [1.82, 2.24) is 72.4 Å². The van der Waals surface area contributed by atoms with Gasteiger partial charge in [-0.1, -0.05) is 135 Å².